The van der Waals surface area contributed by atoms with Gasteiger partial charge in [-0.25, -0.2) is 9.97 Å². The summed E-state index contributed by atoms with van der Waals surface area (Å²) in [6.45, 7) is 2.35. The molecule has 1 saturated heterocycles. The molecule has 2 heterocycles. The van der Waals surface area contributed by atoms with Crippen molar-refractivity contribution in [1.82, 2.24) is 9.97 Å². The molecule has 6 heteroatoms. The topological polar surface area (TPSA) is 56.7 Å². The number of nitrogens with zero attached hydrogens (tertiary/aromatic N) is 3. The SMILES string of the molecule is COCc1cc(N2CC[C@H](c3cccc(OC)c3OC)C2)ncn1. The molecule has 3 rings (SSSR count). The fourth-order valence-electron chi connectivity index (χ4n) is 3.24. The van der Waals surface area contributed by atoms with Gasteiger partial charge in [0.2, 0.25) is 0 Å². The molecule has 0 amide bonds. The molecular formula is C18H23N3O3. The highest BCUT2D eigenvalue weighted by atomic mass is 16.5. The number of hydrogen-bond acceptors (Lipinski definition) is 6. The molecule has 0 unspecified atom stereocenters. The fraction of sp³-hybridized carbons (Fsp3) is 0.444. The predicted molar refractivity (Wildman–Crippen MR) is 91.9 cm³/mol. The third kappa shape index (κ3) is 3.28. The Morgan fingerprint density at radius 2 is 2.04 bits per heavy atom. The maximum absolute atomic E-state index is 5.59. The van der Waals surface area contributed by atoms with Gasteiger partial charge in [0.15, 0.2) is 11.5 Å². The van der Waals surface area contributed by atoms with E-state index in [1.165, 1.54) is 5.56 Å². The standard InChI is InChI=1S/C18H23N3O3/c1-22-11-14-9-17(20-12-19-14)21-8-7-13(10-21)15-5-4-6-16(23-2)18(15)24-3/h4-6,9,12-13H,7-8,10-11H2,1-3H3/t13-/m0/s1. The van der Waals surface area contributed by atoms with Gasteiger partial charge in [-0.05, 0) is 12.5 Å². The molecule has 128 valence electrons. The first-order valence-electron chi connectivity index (χ1n) is 8.02. The van der Waals surface area contributed by atoms with Crippen LogP contribution >= 0.6 is 0 Å². The van der Waals surface area contributed by atoms with E-state index in [0.29, 0.717) is 12.5 Å². The maximum atomic E-state index is 5.59. The molecule has 1 aromatic carbocycles. The predicted octanol–water partition coefficient (Wildman–Crippen LogP) is 2.63. The van der Waals surface area contributed by atoms with Gasteiger partial charge in [-0.1, -0.05) is 12.1 Å². The first-order valence-corrected chi connectivity index (χ1v) is 8.02. The van der Waals surface area contributed by atoms with Gasteiger partial charge in [0.25, 0.3) is 0 Å². The highest BCUT2D eigenvalue weighted by Gasteiger charge is 2.28. The maximum Gasteiger partial charge on any atom is 0.164 e. The zero-order valence-electron chi connectivity index (χ0n) is 14.4. The lowest BCUT2D eigenvalue weighted by molar-refractivity contribution is 0.181. The number of rotatable bonds is 6. The third-order valence-electron chi connectivity index (χ3n) is 4.39. The summed E-state index contributed by atoms with van der Waals surface area (Å²) in [6.07, 6.45) is 2.65. The Hall–Kier alpha value is -2.34. The first kappa shape index (κ1) is 16.5. The van der Waals surface area contributed by atoms with Gasteiger partial charge in [0.1, 0.15) is 12.1 Å². The van der Waals surface area contributed by atoms with Crippen molar-refractivity contribution in [2.45, 2.75) is 18.9 Å². The number of hydrogen-bond donors (Lipinski definition) is 0. The van der Waals surface area contributed by atoms with Crippen LogP contribution in [-0.4, -0.2) is 44.4 Å². The molecule has 2 aromatic rings. The Bertz CT molecular complexity index is 693. The molecule has 1 fully saturated rings. The van der Waals surface area contributed by atoms with Gasteiger partial charge >= 0.3 is 0 Å². The summed E-state index contributed by atoms with van der Waals surface area (Å²) >= 11 is 0. The lowest BCUT2D eigenvalue weighted by Gasteiger charge is -2.19. The van der Waals surface area contributed by atoms with Crippen LogP contribution in [0.15, 0.2) is 30.6 Å². The highest BCUT2D eigenvalue weighted by Crippen LogP contribution is 2.39. The summed E-state index contributed by atoms with van der Waals surface area (Å²) in [7, 11) is 5.03. The molecule has 0 bridgehead atoms. The minimum Gasteiger partial charge on any atom is -0.493 e. The summed E-state index contributed by atoms with van der Waals surface area (Å²) < 4.78 is 16.2. The lowest BCUT2D eigenvalue weighted by atomic mass is 9.97. The molecule has 1 aliphatic heterocycles. The number of aromatic nitrogens is 2. The van der Waals surface area contributed by atoms with Crippen LogP contribution in [0, 0.1) is 0 Å². The van der Waals surface area contributed by atoms with E-state index in [0.717, 1.165) is 42.5 Å². The van der Waals surface area contributed by atoms with Gasteiger partial charge < -0.3 is 19.1 Å². The van der Waals surface area contributed by atoms with E-state index in [1.54, 1.807) is 27.7 Å². The largest absolute Gasteiger partial charge is 0.493 e. The summed E-state index contributed by atoms with van der Waals surface area (Å²) in [6, 6.07) is 8.05. The van der Waals surface area contributed by atoms with Crippen molar-refractivity contribution in [2.75, 3.05) is 39.3 Å². The Balaban J connectivity index is 1.80. The van der Waals surface area contributed by atoms with Crippen molar-refractivity contribution in [3.05, 3.63) is 41.9 Å². The number of methoxy groups -OCH3 is 3. The van der Waals surface area contributed by atoms with E-state index >= 15 is 0 Å². The van der Waals surface area contributed by atoms with Crippen molar-refractivity contribution in [2.24, 2.45) is 0 Å². The second kappa shape index (κ2) is 7.49. The van der Waals surface area contributed by atoms with Crippen LogP contribution in [0.5, 0.6) is 11.5 Å². The zero-order chi connectivity index (χ0) is 16.9. The van der Waals surface area contributed by atoms with Gasteiger partial charge in [-0.3, -0.25) is 0 Å². The van der Waals surface area contributed by atoms with Crippen LogP contribution in [0.25, 0.3) is 0 Å². The molecule has 6 nitrogen and oxygen atoms in total. The van der Waals surface area contributed by atoms with Gasteiger partial charge in [0, 0.05) is 37.7 Å². The van der Waals surface area contributed by atoms with Crippen molar-refractivity contribution in [1.29, 1.82) is 0 Å². The van der Waals surface area contributed by atoms with Crippen LogP contribution in [0.4, 0.5) is 5.82 Å². The van der Waals surface area contributed by atoms with Crippen LogP contribution in [0.2, 0.25) is 0 Å². The van der Waals surface area contributed by atoms with E-state index in [-0.39, 0.29) is 0 Å². The fourth-order valence-corrected chi connectivity index (χ4v) is 3.24. The van der Waals surface area contributed by atoms with Crippen LogP contribution in [0.1, 0.15) is 23.6 Å². The molecular weight excluding hydrogens is 306 g/mol. The van der Waals surface area contributed by atoms with Crippen molar-refractivity contribution in [3.8, 4) is 11.5 Å². The minimum atomic E-state index is 0.385. The molecule has 1 aliphatic rings. The molecule has 0 saturated carbocycles. The molecule has 1 atom stereocenters. The summed E-state index contributed by atoms with van der Waals surface area (Å²) in [5.41, 5.74) is 2.08. The number of anilines is 1. The average molecular weight is 329 g/mol. The molecule has 0 N–H and O–H groups in total. The smallest absolute Gasteiger partial charge is 0.164 e. The van der Waals surface area contributed by atoms with Crippen molar-refractivity contribution < 1.29 is 14.2 Å². The second-order valence-corrected chi connectivity index (χ2v) is 5.81. The van der Waals surface area contributed by atoms with Gasteiger partial charge in [-0.15, -0.1) is 0 Å². The normalized spacial score (nSPS) is 17.1. The van der Waals surface area contributed by atoms with Crippen molar-refractivity contribution >= 4 is 5.82 Å². The van der Waals surface area contributed by atoms with Gasteiger partial charge in [-0.2, -0.15) is 0 Å². The third-order valence-corrected chi connectivity index (χ3v) is 4.39. The van der Waals surface area contributed by atoms with Gasteiger partial charge in [0.05, 0.1) is 26.5 Å². The molecule has 0 radical (unpaired) electrons. The molecule has 1 aromatic heterocycles. The quantitative estimate of drug-likeness (QED) is 0.812. The Kier molecular flexibility index (Phi) is 5.15. The van der Waals surface area contributed by atoms with Crippen molar-refractivity contribution in [3.63, 3.8) is 0 Å². The summed E-state index contributed by atoms with van der Waals surface area (Å²) in [5.74, 6) is 2.93. The van der Waals surface area contributed by atoms with E-state index in [2.05, 4.69) is 20.9 Å². The monoisotopic (exact) mass is 329 g/mol. The Morgan fingerprint density at radius 1 is 1.17 bits per heavy atom. The zero-order valence-corrected chi connectivity index (χ0v) is 14.4. The average Bonchev–Trinajstić information content (AvgIpc) is 3.11. The van der Waals surface area contributed by atoms with E-state index in [1.807, 2.05) is 18.2 Å². The van der Waals surface area contributed by atoms with E-state index < -0.39 is 0 Å². The first-order chi connectivity index (χ1) is 11.8. The summed E-state index contributed by atoms with van der Waals surface area (Å²) in [5, 5.41) is 0. The summed E-state index contributed by atoms with van der Waals surface area (Å²) in [4.78, 5) is 10.9. The van der Waals surface area contributed by atoms with Crippen LogP contribution in [-0.2, 0) is 11.3 Å². The second-order valence-electron chi connectivity index (χ2n) is 5.81. The van der Waals surface area contributed by atoms with Crippen LogP contribution < -0.4 is 14.4 Å². The Morgan fingerprint density at radius 3 is 2.79 bits per heavy atom. The molecule has 0 aliphatic carbocycles. The number of para-hydroxylation sites is 1. The molecule has 24 heavy (non-hydrogen) atoms. The Labute approximate surface area is 142 Å². The van der Waals surface area contributed by atoms with E-state index in [9.17, 15) is 0 Å². The highest BCUT2D eigenvalue weighted by molar-refractivity contribution is 5.50. The van der Waals surface area contributed by atoms with E-state index in [4.69, 9.17) is 14.2 Å². The number of ether oxygens (including phenoxy) is 3. The number of benzene rings is 1. The van der Waals surface area contributed by atoms with Crippen LogP contribution in [0.3, 0.4) is 0 Å². The molecule has 0 spiro atoms. The lowest BCUT2D eigenvalue weighted by Crippen LogP contribution is -2.21. The minimum absolute atomic E-state index is 0.385.